The molecule has 0 heterocycles. The zero-order valence-electron chi connectivity index (χ0n) is 11.0. The third-order valence-corrected chi connectivity index (χ3v) is 5.54. The zero-order chi connectivity index (χ0) is 14.5. The van der Waals surface area contributed by atoms with Gasteiger partial charge in [-0.05, 0) is 43.7 Å². The molecule has 1 aromatic rings. The van der Waals surface area contributed by atoms with E-state index in [-0.39, 0.29) is 11.6 Å². The Labute approximate surface area is 115 Å². The van der Waals surface area contributed by atoms with Gasteiger partial charge < -0.3 is 0 Å². The third kappa shape index (κ3) is 5.80. The van der Waals surface area contributed by atoms with Crippen LogP contribution in [0.1, 0.15) is 17.5 Å². The van der Waals surface area contributed by atoms with E-state index in [1.54, 1.807) is 13.0 Å². The molecular weight excluding hydrogens is 289 g/mol. The van der Waals surface area contributed by atoms with E-state index < -0.39 is 20.8 Å². The van der Waals surface area contributed by atoms with Gasteiger partial charge >= 0.3 is 0 Å². The highest BCUT2D eigenvalue weighted by molar-refractivity contribution is 7.89. The minimum Gasteiger partial charge on any atom is -0.259 e. The molecule has 0 amide bonds. The van der Waals surface area contributed by atoms with Gasteiger partial charge in [0.1, 0.15) is 5.82 Å². The van der Waals surface area contributed by atoms with Gasteiger partial charge in [0.05, 0.1) is 5.75 Å². The van der Waals surface area contributed by atoms with Crippen LogP contribution in [0.15, 0.2) is 18.2 Å². The Morgan fingerprint density at radius 2 is 2.05 bits per heavy atom. The lowest BCUT2D eigenvalue weighted by atomic mass is 10.1. The molecule has 0 fully saturated rings. The average molecular weight is 307 g/mol. The fraction of sp³-hybridized carbons (Fsp3) is 0.500. The lowest BCUT2D eigenvalue weighted by molar-refractivity contribution is 0.587. The Morgan fingerprint density at radius 1 is 1.37 bits per heavy atom. The Bertz CT molecular complexity index is 558. The van der Waals surface area contributed by atoms with E-state index in [1.807, 2.05) is 0 Å². The molecule has 1 aromatic carbocycles. The summed E-state index contributed by atoms with van der Waals surface area (Å²) in [5, 5.41) is 0. The molecule has 1 rings (SSSR count). The van der Waals surface area contributed by atoms with Gasteiger partial charge in [0.25, 0.3) is 0 Å². The molecule has 0 aliphatic carbocycles. The number of hydrogen-bond donors (Lipinski definition) is 1. The van der Waals surface area contributed by atoms with Gasteiger partial charge in [-0.2, -0.15) is 0 Å². The number of aryl methyl sites for hydroxylation is 1. The van der Waals surface area contributed by atoms with Gasteiger partial charge in [0.15, 0.2) is 0 Å². The number of hydrogen-bond acceptors (Lipinski definition) is 3. The summed E-state index contributed by atoms with van der Waals surface area (Å²) in [7, 11) is -3.02. The summed E-state index contributed by atoms with van der Waals surface area (Å²) in [4.78, 5) is 0. The number of halogens is 1. The van der Waals surface area contributed by atoms with Crippen LogP contribution in [-0.2, 0) is 26.6 Å². The molecule has 0 unspecified atom stereocenters. The highest BCUT2D eigenvalue weighted by atomic mass is 32.2. The Morgan fingerprint density at radius 3 is 2.63 bits per heavy atom. The quantitative estimate of drug-likeness (QED) is 0.826. The van der Waals surface area contributed by atoms with Crippen LogP contribution < -0.4 is 4.72 Å². The fourth-order valence-electron chi connectivity index (χ4n) is 1.58. The standard InChI is InChI=1S/C12H18FNO3S2/c1-10-8-12(13)5-4-11(10)9-18(15)6-3-7-19(16,17)14-2/h4-5,8,14H,3,6-7,9H2,1-2H3/t18-/m0/s1. The molecule has 0 aliphatic heterocycles. The van der Waals surface area contributed by atoms with Crippen LogP contribution in [0.4, 0.5) is 4.39 Å². The maximum Gasteiger partial charge on any atom is 0.211 e. The van der Waals surface area contributed by atoms with Crippen LogP contribution in [0, 0.1) is 12.7 Å². The highest BCUT2D eigenvalue weighted by Gasteiger charge is 2.09. The van der Waals surface area contributed by atoms with Crippen molar-refractivity contribution in [3.05, 3.63) is 35.1 Å². The molecule has 0 radical (unpaired) electrons. The maximum absolute atomic E-state index is 12.9. The molecule has 19 heavy (non-hydrogen) atoms. The highest BCUT2D eigenvalue weighted by Crippen LogP contribution is 2.12. The summed E-state index contributed by atoms with van der Waals surface area (Å²) in [6.45, 7) is 1.76. The van der Waals surface area contributed by atoms with Gasteiger partial charge in [-0.1, -0.05) is 6.07 Å². The molecule has 1 N–H and O–H groups in total. The Hall–Kier alpha value is -0.790. The first-order valence-corrected chi connectivity index (χ1v) is 8.99. The predicted molar refractivity (Wildman–Crippen MR) is 75.3 cm³/mol. The molecule has 4 nitrogen and oxygen atoms in total. The molecule has 0 saturated carbocycles. The number of sulfonamides is 1. The van der Waals surface area contributed by atoms with Gasteiger partial charge in [0.2, 0.25) is 10.0 Å². The lowest BCUT2D eigenvalue weighted by Crippen LogP contribution is -2.23. The molecule has 0 aliphatic rings. The molecule has 7 heteroatoms. The second-order valence-corrected chi connectivity index (χ2v) is 7.86. The van der Waals surface area contributed by atoms with Crippen molar-refractivity contribution in [1.82, 2.24) is 4.72 Å². The van der Waals surface area contributed by atoms with E-state index >= 15 is 0 Å². The molecule has 0 saturated heterocycles. The van der Waals surface area contributed by atoms with Gasteiger partial charge in [-0.25, -0.2) is 17.5 Å². The van der Waals surface area contributed by atoms with Crippen molar-refractivity contribution >= 4 is 20.8 Å². The van der Waals surface area contributed by atoms with E-state index in [0.29, 0.717) is 17.9 Å². The molecular formula is C12H18FNO3S2. The van der Waals surface area contributed by atoms with E-state index in [4.69, 9.17) is 0 Å². The van der Waals surface area contributed by atoms with Crippen LogP contribution in [0.3, 0.4) is 0 Å². The van der Waals surface area contributed by atoms with Crippen LogP contribution in [0.5, 0.6) is 0 Å². The fourth-order valence-corrected chi connectivity index (χ4v) is 3.77. The smallest absolute Gasteiger partial charge is 0.211 e. The molecule has 0 spiro atoms. The Balaban J connectivity index is 2.48. The van der Waals surface area contributed by atoms with Crippen LogP contribution >= 0.6 is 0 Å². The van der Waals surface area contributed by atoms with Gasteiger partial charge in [-0.15, -0.1) is 0 Å². The van der Waals surface area contributed by atoms with Crippen LogP contribution in [-0.4, -0.2) is 31.2 Å². The Kier molecular flexibility index (Phi) is 6.09. The monoisotopic (exact) mass is 307 g/mol. The minimum atomic E-state index is -3.24. The van der Waals surface area contributed by atoms with Crippen molar-refractivity contribution in [2.45, 2.75) is 19.1 Å². The van der Waals surface area contributed by atoms with E-state index in [2.05, 4.69) is 4.72 Å². The number of benzene rings is 1. The zero-order valence-corrected chi connectivity index (χ0v) is 12.6. The van der Waals surface area contributed by atoms with Crippen LogP contribution in [0.25, 0.3) is 0 Å². The summed E-state index contributed by atoms with van der Waals surface area (Å²) >= 11 is 0. The largest absolute Gasteiger partial charge is 0.259 e. The first-order chi connectivity index (χ1) is 8.84. The van der Waals surface area contributed by atoms with E-state index in [9.17, 15) is 17.0 Å². The molecule has 0 aromatic heterocycles. The first kappa shape index (κ1) is 16.3. The van der Waals surface area contributed by atoms with Crippen molar-refractivity contribution in [2.75, 3.05) is 18.6 Å². The third-order valence-electron chi connectivity index (χ3n) is 2.72. The normalized spacial score (nSPS) is 13.4. The summed E-state index contributed by atoms with van der Waals surface area (Å²) < 4.78 is 49.3. The topological polar surface area (TPSA) is 63.2 Å². The number of nitrogens with one attached hydrogen (secondary N) is 1. The second-order valence-electron chi connectivity index (χ2n) is 4.24. The second kappa shape index (κ2) is 7.12. The summed E-state index contributed by atoms with van der Waals surface area (Å²) in [6, 6.07) is 4.36. The van der Waals surface area contributed by atoms with Crippen molar-refractivity contribution in [3.8, 4) is 0 Å². The summed E-state index contributed by atoms with van der Waals surface area (Å²) in [5.74, 6) is 0.299. The van der Waals surface area contributed by atoms with E-state index in [1.165, 1.54) is 19.2 Å². The van der Waals surface area contributed by atoms with Crippen molar-refractivity contribution < 1.29 is 17.0 Å². The van der Waals surface area contributed by atoms with Crippen molar-refractivity contribution in [3.63, 3.8) is 0 Å². The summed E-state index contributed by atoms with van der Waals surface area (Å²) in [5.41, 5.74) is 1.59. The summed E-state index contributed by atoms with van der Waals surface area (Å²) in [6.07, 6.45) is 0.343. The lowest BCUT2D eigenvalue weighted by Gasteiger charge is -2.06. The van der Waals surface area contributed by atoms with E-state index in [0.717, 1.165) is 11.1 Å². The minimum absolute atomic E-state index is 0.0301. The first-order valence-electron chi connectivity index (χ1n) is 5.85. The maximum atomic E-state index is 12.9. The van der Waals surface area contributed by atoms with Crippen molar-refractivity contribution in [2.24, 2.45) is 0 Å². The van der Waals surface area contributed by atoms with Gasteiger partial charge in [-0.3, -0.25) is 4.21 Å². The number of rotatable bonds is 7. The van der Waals surface area contributed by atoms with Crippen LogP contribution in [0.2, 0.25) is 0 Å². The molecule has 108 valence electrons. The SMILES string of the molecule is CNS(=O)(=O)CCC[S@](=O)Cc1ccc(F)cc1C. The van der Waals surface area contributed by atoms with Crippen molar-refractivity contribution in [1.29, 1.82) is 0 Å². The molecule has 0 bridgehead atoms. The van der Waals surface area contributed by atoms with Gasteiger partial charge in [0, 0.05) is 22.3 Å². The average Bonchev–Trinajstić information content (AvgIpc) is 2.32. The molecule has 1 atom stereocenters. The predicted octanol–water partition coefficient (Wildman–Crippen LogP) is 1.32.